The van der Waals surface area contributed by atoms with Crippen molar-refractivity contribution < 1.29 is 4.79 Å². The fourth-order valence-corrected chi connectivity index (χ4v) is 4.57. The summed E-state index contributed by atoms with van der Waals surface area (Å²) in [5.74, 6) is 0.157. The Morgan fingerprint density at radius 1 is 0.962 bits per heavy atom. The van der Waals surface area contributed by atoms with Crippen molar-refractivity contribution in [2.75, 3.05) is 11.4 Å². The first-order chi connectivity index (χ1) is 12.7. The molecule has 2 aromatic carbocycles. The smallest absolute Gasteiger partial charge is 0.232 e. The number of nitrogens with one attached hydrogen (secondary N) is 1. The van der Waals surface area contributed by atoms with Crippen LogP contribution < -0.4 is 10.2 Å². The van der Waals surface area contributed by atoms with Crippen molar-refractivity contribution in [3.63, 3.8) is 0 Å². The molecule has 1 heterocycles. The van der Waals surface area contributed by atoms with E-state index >= 15 is 0 Å². The highest BCUT2D eigenvalue weighted by Crippen LogP contribution is 2.47. The van der Waals surface area contributed by atoms with Gasteiger partial charge in [0.15, 0.2) is 0 Å². The molecule has 3 nitrogen and oxygen atoms in total. The second-order valence-electron chi connectivity index (χ2n) is 6.75. The number of nitrogens with zero attached hydrogens (tertiary/aromatic N) is 1. The third-order valence-electron chi connectivity index (χ3n) is 4.73. The van der Waals surface area contributed by atoms with E-state index in [9.17, 15) is 4.79 Å². The predicted octanol–water partition coefficient (Wildman–Crippen LogP) is 5.76. The fraction of sp³-hybridized carbons (Fsp3) is 0.409. The average molecular weight is 369 g/mol. The van der Waals surface area contributed by atoms with E-state index in [1.165, 1.54) is 25.7 Å². The van der Waals surface area contributed by atoms with E-state index in [-0.39, 0.29) is 5.91 Å². The summed E-state index contributed by atoms with van der Waals surface area (Å²) < 4.78 is 0. The van der Waals surface area contributed by atoms with Gasteiger partial charge in [0.2, 0.25) is 5.91 Å². The number of fused-ring (bicyclic) bond motifs is 2. The van der Waals surface area contributed by atoms with E-state index in [1.54, 1.807) is 11.8 Å². The first kappa shape index (κ1) is 19.0. The number of anilines is 2. The minimum absolute atomic E-state index is 0.157. The van der Waals surface area contributed by atoms with E-state index in [0.29, 0.717) is 12.5 Å². The third kappa shape index (κ3) is 4.30. The molecule has 1 aliphatic rings. The van der Waals surface area contributed by atoms with Crippen molar-refractivity contribution in [1.29, 1.82) is 0 Å². The minimum atomic E-state index is 0.157. The first-order valence-electron chi connectivity index (χ1n) is 9.66. The minimum Gasteiger partial charge on any atom is -0.313 e. The van der Waals surface area contributed by atoms with Crippen LogP contribution in [0.3, 0.4) is 0 Å². The molecule has 0 atom stereocenters. The summed E-state index contributed by atoms with van der Waals surface area (Å²) in [6, 6.07) is 16.9. The largest absolute Gasteiger partial charge is 0.313 e. The van der Waals surface area contributed by atoms with Gasteiger partial charge in [-0.1, -0.05) is 62.7 Å². The van der Waals surface area contributed by atoms with E-state index in [0.717, 1.165) is 27.7 Å². The molecule has 2 aromatic rings. The van der Waals surface area contributed by atoms with Crippen LogP contribution in [0, 0.1) is 0 Å². The number of carbonyl (C=O) groups is 1. The number of para-hydroxylation sites is 2. The van der Waals surface area contributed by atoms with Crippen molar-refractivity contribution in [3.05, 3.63) is 48.5 Å². The SMILES string of the molecule is CCCC(CCC)NCCC(=O)N1c2ccccc2Sc2ccccc21. The van der Waals surface area contributed by atoms with E-state index in [1.807, 2.05) is 41.3 Å². The summed E-state index contributed by atoms with van der Waals surface area (Å²) >= 11 is 1.74. The molecule has 4 heteroatoms. The van der Waals surface area contributed by atoms with Crippen LogP contribution in [0.4, 0.5) is 11.4 Å². The Hall–Kier alpha value is -1.78. The summed E-state index contributed by atoms with van der Waals surface area (Å²) in [4.78, 5) is 17.3. The molecule has 1 N–H and O–H groups in total. The van der Waals surface area contributed by atoms with Crippen molar-refractivity contribution in [3.8, 4) is 0 Å². The van der Waals surface area contributed by atoms with E-state index in [2.05, 4.69) is 31.3 Å². The number of benzene rings is 2. The highest BCUT2D eigenvalue weighted by Gasteiger charge is 2.27. The molecule has 0 spiro atoms. The lowest BCUT2D eigenvalue weighted by molar-refractivity contribution is -0.117. The normalized spacial score (nSPS) is 12.8. The Morgan fingerprint density at radius 2 is 1.50 bits per heavy atom. The zero-order valence-electron chi connectivity index (χ0n) is 15.7. The molecule has 3 rings (SSSR count). The van der Waals surface area contributed by atoms with Gasteiger partial charge in [0.05, 0.1) is 11.4 Å². The fourth-order valence-electron chi connectivity index (χ4n) is 3.51. The van der Waals surface area contributed by atoms with Crippen LogP contribution in [0.15, 0.2) is 58.3 Å². The van der Waals surface area contributed by atoms with Gasteiger partial charge in [-0.15, -0.1) is 0 Å². The van der Waals surface area contributed by atoms with E-state index < -0.39 is 0 Å². The number of hydrogen-bond donors (Lipinski definition) is 1. The summed E-state index contributed by atoms with van der Waals surface area (Å²) in [5.41, 5.74) is 2.00. The summed E-state index contributed by atoms with van der Waals surface area (Å²) in [7, 11) is 0. The molecule has 1 amide bonds. The van der Waals surface area contributed by atoms with Crippen molar-refractivity contribution in [2.45, 2.75) is 61.8 Å². The van der Waals surface area contributed by atoms with Crippen molar-refractivity contribution in [1.82, 2.24) is 5.32 Å². The summed E-state index contributed by atoms with van der Waals surface area (Å²) in [6.07, 6.45) is 5.21. The van der Waals surface area contributed by atoms with Gasteiger partial charge in [0, 0.05) is 28.8 Å². The Kier molecular flexibility index (Phi) is 6.75. The Bertz CT molecular complexity index is 695. The van der Waals surface area contributed by atoms with Crippen LogP contribution in [-0.2, 0) is 4.79 Å². The van der Waals surface area contributed by atoms with Gasteiger partial charge in [0.1, 0.15) is 0 Å². The quantitative estimate of drug-likeness (QED) is 0.642. The third-order valence-corrected chi connectivity index (χ3v) is 5.86. The second kappa shape index (κ2) is 9.24. The standard InChI is InChI=1S/C22H28N2OS/c1-3-9-17(10-4-2)23-16-15-22(25)24-18-11-5-7-13-20(18)26-21-14-8-6-12-19(21)24/h5-8,11-14,17,23H,3-4,9-10,15-16H2,1-2H3. The molecule has 0 bridgehead atoms. The first-order valence-corrected chi connectivity index (χ1v) is 10.5. The van der Waals surface area contributed by atoms with Gasteiger partial charge in [0.25, 0.3) is 0 Å². The lowest BCUT2D eigenvalue weighted by Gasteiger charge is -2.31. The Morgan fingerprint density at radius 3 is 2.04 bits per heavy atom. The van der Waals surface area contributed by atoms with Crippen LogP contribution in [0.2, 0.25) is 0 Å². The van der Waals surface area contributed by atoms with Crippen LogP contribution in [-0.4, -0.2) is 18.5 Å². The van der Waals surface area contributed by atoms with Crippen LogP contribution in [0.1, 0.15) is 46.0 Å². The molecule has 0 saturated heterocycles. The maximum atomic E-state index is 13.1. The summed E-state index contributed by atoms with van der Waals surface area (Å²) in [5, 5.41) is 3.59. The van der Waals surface area contributed by atoms with Gasteiger partial charge in [-0.2, -0.15) is 0 Å². The van der Waals surface area contributed by atoms with Crippen molar-refractivity contribution in [2.24, 2.45) is 0 Å². The molecule has 26 heavy (non-hydrogen) atoms. The van der Waals surface area contributed by atoms with Gasteiger partial charge < -0.3 is 5.32 Å². The maximum Gasteiger partial charge on any atom is 0.232 e. The molecule has 0 unspecified atom stereocenters. The van der Waals surface area contributed by atoms with Crippen LogP contribution in [0.5, 0.6) is 0 Å². The van der Waals surface area contributed by atoms with Crippen LogP contribution >= 0.6 is 11.8 Å². The maximum absolute atomic E-state index is 13.1. The zero-order valence-corrected chi connectivity index (χ0v) is 16.5. The number of rotatable bonds is 8. The van der Waals surface area contributed by atoms with Gasteiger partial charge in [-0.3, -0.25) is 9.69 Å². The predicted molar refractivity (Wildman–Crippen MR) is 110 cm³/mol. The van der Waals surface area contributed by atoms with Gasteiger partial charge >= 0.3 is 0 Å². The average Bonchev–Trinajstić information content (AvgIpc) is 2.66. The lowest BCUT2D eigenvalue weighted by atomic mass is 10.1. The Labute approximate surface area is 161 Å². The lowest BCUT2D eigenvalue weighted by Crippen LogP contribution is -2.35. The zero-order chi connectivity index (χ0) is 18.4. The number of carbonyl (C=O) groups excluding carboxylic acids is 1. The summed E-state index contributed by atoms with van der Waals surface area (Å²) in [6.45, 7) is 5.17. The molecule has 0 aromatic heterocycles. The topological polar surface area (TPSA) is 32.3 Å². The second-order valence-corrected chi connectivity index (χ2v) is 7.83. The van der Waals surface area contributed by atoms with Crippen LogP contribution in [0.25, 0.3) is 0 Å². The molecular formula is C22H28N2OS. The number of hydrogen-bond acceptors (Lipinski definition) is 3. The molecule has 138 valence electrons. The molecule has 0 fully saturated rings. The monoisotopic (exact) mass is 368 g/mol. The highest BCUT2D eigenvalue weighted by molar-refractivity contribution is 7.99. The molecule has 1 aliphatic heterocycles. The highest BCUT2D eigenvalue weighted by atomic mass is 32.2. The molecule has 0 radical (unpaired) electrons. The van der Waals surface area contributed by atoms with Gasteiger partial charge in [-0.05, 0) is 37.1 Å². The van der Waals surface area contributed by atoms with E-state index in [4.69, 9.17) is 0 Å². The van der Waals surface area contributed by atoms with Crippen molar-refractivity contribution >= 4 is 29.0 Å². The molecule has 0 saturated carbocycles. The molecular weight excluding hydrogens is 340 g/mol. The van der Waals surface area contributed by atoms with Gasteiger partial charge in [-0.25, -0.2) is 0 Å². The number of amides is 1. The molecule has 0 aliphatic carbocycles. The Balaban J connectivity index is 1.73.